The number of nitrogens with two attached hydrogens (primary N) is 2. The molecular formula is C13H17N5O. The van der Waals surface area contributed by atoms with Gasteiger partial charge in [0.2, 0.25) is 5.91 Å². The van der Waals surface area contributed by atoms with Crippen LogP contribution in [-0.4, -0.2) is 22.2 Å². The maximum absolute atomic E-state index is 11.0. The van der Waals surface area contributed by atoms with Crippen LogP contribution in [0.15, 0.2) is 30.6 Å². The fraction of sp³-hybridized carbons (Fsp3) is 0.231. The molecule has 0 spiro atoms. The van der Waals surface area contributed by atoms with Crippen molar-refractivity contribution in [2.75, 3.05) is 17.6 Å². The Morgan fingerprint density at radius 3 is 2.84 bits per heavy atom. The number of anilines is 2. The average Bonchev–Trinajstić information content (AvgIpc) is 2.77. The summed E-state index contributed by atoms with van der Waals surface area (Å²) in [5.74, 6) is -0.478. The number of nitrogens with one attached hydrogen (secondary N) is 1. The van der Waals surface area contributed by atoms with E-state index in [0.29, 0.717) is 11.3 Å². The van der Waals surface area contributed by atoms with Crippen molar-refractivity contribution in [1.29, 1.82) is 0 Å². The zero-order valence-electron chi connectivity index (χ0n) is 10.8. The van der Waals surface area contributed by atoms with E-state index in [9.17, 15) is 4.79 Å². The largest absolute Gasteiger partial charge is 0.397 e. The standard InChI is InChI=1S/C13H17N5O/c1-18-8-9(7-17-18)4-5-16-12-3-2-10(13(15)19)6-11(12)14/h2-3,6-8,16H,4-5,14H2,1H3,(H2,15,19). The van der Waals surface area contributed by atoms with E-state index in [0.717, 1.165) is 24.2 Å². The molecule has 6 heteroatoms. The lowest BCUT2D eigenvalue weighted by molar-refractivity contribution is 0.100. The Hall–Kier alpha value is -2.50. The van der Waals surface area contributed by atoms with Gasteiger partial charge < -0.3 is 16.8 Å². The smallest absolute Gasteiger partial charge is 0.248 e. The van der Waals surface area contributed by atoms with E-state index in [4.69, 9.17) is 11.5 Å². The molecule has 0 unspecified atom stereocenters. The summed E-state index contributed by atoms with van der Waals surface area (Å²) < 4.78 is 1.77. The third kappa shape index (κ3) is 3.25. The van der Waals surface area contributed by atoms with E-state index in [1.54, 1.807) is 22.9 Å². The van der Waals surface area contributed by atoms with Crippen molar-refractivity contribution in [3.05, 3.63) is 41.7 Å². The summed E-state index contributed by atoms with van der Waals surface area (Å²) in [4.78, 5) is 11.0. The average molecular weight is 259 g/mol. The zero-order valence-corrected chi connectivity index (χ0v) is 10.8. The van der Waals surface area contributed by atoms with Gasteiger partial charge in [-0.25, -0.2) is 0 Å². The number of nitrogen functional groups attached to an aromatic ring is 1. The van der Waals surface area contributed by atoms with E-state index in [2.05, 4.69) is 10.4 Å². The Morgan fingerprint density at radius 2 is 2.26 bits per heavy atom. The predicted octanol–water partition coefficient (Wildman–Crippen LogP) is 0.756. The number of aromatic nitrogens is 2. The van der Waals surface area contributed by atoms with E-state index in [1.807, 2.05) is 19.4 Å². The summed E-state index contributed by atoms with van der Waals surface area (Å²) in [5, 5.41) is 7.33. The third-order valence-corrected chi connectivity index (χ3v) is 2.82. The highest BCUT2D eigenvalue weighted by molar-refractivity contribution is 5.94. The quantitative estimate of drug-likeness (QED) is 0.690. The molecule has 100 valence electrons. The van der Waals surface area contributed by atoms with Crippen LogP contribution in [0, 0.1) is 0 Å². The monoisotopic (exact) mass is 259 g/mol. The van der Waals surface area contributed by atoms with E-state index in [1.165, 1.54) is 0 Å². The van der Waals surface area contributed by atoms with Crippen LogP contribution in [-0.2, 0) is 13.5 Å². The summed E-state index contributed by atoms with van der Waals surface area (Å²) >= 11 is 0. The number of aryl methyl sites for hydroxylation is 1. The summed E-state index contributed by atoms with van der Waals surface area (Å²) in [5.41, 5.74) is 13.9. The molecule has 0 bridgehead atoms. The second kappa shape index (κ2) is 5.43. The molecule has 2 aromatic rings. The Morgan fingerprint density at radius 1 is 1.47 bits per heavy atom. The topological polar surface area (TPSA) is 99.0 Å². The van der Waals surface area contributed by atoms with Crippen LogP contribution >= 0.6 is 0 Å². The normalized spacial score (nSPS) is 10.4. The lowest BCUT2D eigenvalue weighted by atomic mass is 10.1. The third-order valence-electron chi connectivity index (χ3n) is 2.82. The number of amides is 1. The van der Waals surface area contributed by atoms with Gasteiger partial charge in [0, 0.05) is 25.4 Å². The SMILES string of the molecule is Cn1cc(CCNc2ccc(C(N)=O)cc2N)cn1. The van der Waals surface area contributed by atoms with Gasteiger partial charge in [-0.1, -0.05) is 0 Å². The number of rotatable bonds is 5. The molecule has 1 aromatic heterocycles. The van der Waals surface area contributed by atoms with Crippen LogP contribution in [0.4, 0.5) is 11.4 Å². The minimum atomic E-state index is -0.478. The number of primary amides is 1. The van der Waals surface area contributed by atoms with Crippen molar-refractivity contribution in [2.45, 2.75) is 6.42 Å². The number of hydrogen-bond donors (Lipinski definition) is 3. The maximum atomic E-state index is 11.0. The highest BCUT2D eigenvalue weighted by Gasteiger charge is 2.04. The molecule has 0 aliphatic carbocycles. The molecule has 0 saturated carbocycles. The highest BCUT2D eigenvalue weighted by Crippen LogP contribution is 2.19. The molecule has 0 aliphatic rings. The molecule has 1 heterocycles. The van der Waals surface area contributed by atoms with Crippen molar-refractivity contribution < 1.29 is 4.79 Å². The molecule has 6 nitrogen and oxygen atoms in total. The number of benzene rings is 1. The fourth-order valence-corrected chi connectivity index (χ4v) is 1.82. The van der Waals surface area contributed by atoms with Gasteiger partial charge in [-0.05, 0) is 30.2 Å². The Bertz CT molecular complexity index is 590. The van der Waals surface area contributed by atoms with Crippen LogP contribution < -0.4 is 16.8 Å². The summed E-state index contributed by atoms with van der Waals surface area (Å²) in [7, 11) is 1.89. The lowest BCUT2D eigenvalue weighted by Crippen LogP contribution is -2.12. The molecule has 1 amide bonds. The molecule has 1 aromatic carbocycles. The van der Waals surface area contributed by atoms with Crippen LogP contribution in [0.1, 0.15) is 15.9 Å². The molecule has 0 aliphatic heterocycles. The molecule has 0 atom stereocenters. The minimum Gasteiger partial charge on any atom is -0.397 e. The molecule has 2 rings (SSSR count). The van der Waals surface area contributed by atoms with E-state index in [-0.39, 0.29) is 0 Å². The van der Waals surface area contributed by atoms with Gasteiger partial charge in [0.15, 0.2) is 0 Å². The Kier molecular flexibility index (Phi) is 3.70. The Labute approximate surface area is 111 Å². The molecule has 0 radical (unpaired) electrons. The van der Waals surface area contributed by atoms with Gasteiger partial charge in [0.05, 0.1) is 17.6 Å². The van der Waals surface area contributed by atoms with Crippen molar-refractivity contribution in [2.24, 2.45) is 12.8 Å². The number of carbonyl (C=O) groups excluding carboxylic acids is 1. The molecule has 19 heavy (non-hydrogen) atoms. The Balaban J connectivity index is 1.94. The first-order valence-electron chi connectivity index (χ1n) is 5.97. The molecule has 0 saturated heterocycles. The number of carbonyl (C=O) groups is 1. The zero-order chi connectivity index (χ0) is 13.8. The molecule has 0 fully saturated rings. The van der Waals surface area contributed by atoms with Gasteiger partial charge in [0.1, 0.15) is 0 Å². The van der Waals surface area contributed by atoms with E-state index < -0.39 is 5.91 Å². The van der Waals surface area contributed by atoms with Crippen molar-refractivity contribution in [3.63, 3.8) is 0 Å². The first-order chi connectivity index (χ1) is 9.06. The first-order valence-corrected chi connectivity index (χ1v) is 5.97. The second-order valence-electron chi connectivity index (χ2n) is 4.37. The predicted molar refractivity (Wildman–Crippen MR) is 74.8 cm³/mol. The highest BCUT2D eigenvalue weighted by atomic mass is 16.1. The van der Waals surface area contributed by atoms with Crippen LogP contribution in [0.25, 0.3) is 0 Å². The van der Waals surface area contributed by atoms with Gasteiger partial charge in [0.25, 0.3) is 0 Å². The van der Waals surface area contributed by atoms with E-state index >= 15 is 0 Å². The van der Waals surface area contributed by atoms with Gasteiger partial charge in [-0.15, -0.1) is 0 Å². The summed E-state index contributed by atoms with van der Waals surface area (Å²) in [6.45, 7) is 0.742. The van der Waals surface area contributed by atoms with Crippen molar-refractivity contribution >= 4 is 17.3 Å². The lowest BCUT2D eigenvalue weighted by Gasteiger charge is -2.09. The van der Waals surface area contributed by atoms with Gasteiger partial charge in [-0.2, -0.15) is 5.10 Å². The number of nitrogens with zero attached hydrogens (tertiary/aromatic N) is 2. The van der Waals surface area contributed by atoms with Crippen molar-refractivity contribution in [3.8, 4) is 0 Å². The summed E-state index contributed by atoms with van der Waals surface area (Å²) in [6.07, 6.45) is 4.66. The second-order valence-corrected chi connectivity index (χ2v) is 4.37. The summed E-state index contributed by atoms with van der Waals surface area (Å²) in [6, 6.07) is 5.00. The van der Waals surface area contributed by atoms with Crippen LogP contribution in [0.5, 0.6) is 0 Å². The fourth-order valence-electron chi connectivity index (χ4n) is 1.82. The molecular weight excluding hydrogens is 242 g/mol. The van der Waals surface area contributed by atoms with Gasteiger partial charge >= 0.3 is 0 Å². The first kappa shape index (κ1) is 12.9. The number of hydrogen-bond acceptors (Lipinski definition) is 4. The van der Waals surface area contributed by atoms with Crippen LogP contribution in [0.3, 0.4) is 0 Å². The van der Waals surface area contributed by atoms with Crippen molar-refractivity contribution in [1.82, 2.24) is 9.78 Å². The van der Waals surface area contributed by atoms with Gasteiger partial charge in [-0.3, -0.25) is 9.48 Å². The molecule has 5 N–H and O–H groups in total. The van der Waals surface area contributed by atoms with Crippen LogP contribution in [0.2, 0.25) is 0 Å². The maximum Gasteiger partial charge on any atom is 0.248 e. The minimum absolute atomic E-state index is 0.412.